The van der Waals surface area contributed by atoms with Gasteiger partial charge >= 0.3 is 38.6 Å². The van der Waals surface area contributed by atoms with E-state index in [-0.39, 0.29) is 64.0 Å². The van der Waals surface area contributed by atoms with Crippen LogP contribution in [0, 0.1) is 0 Å². The standard InChI is InChI=1S/Al.Fe.Na.H4O4Si.4H/c;;;1-5(2,3)4;;;;/h;;;1-4H;;;;. The summed E-state index contributed by atoms with van der Waals surface area (Å²) in [5.74, 6) is 0. The molecule has 0 aromatic rings. The first-order valence-corrected chi connectivity index (χ1v) is 2.68. The molecule has 0 rings (SSSR count). The molecule has 4 nitrogen and oxygen atoms in total. The molecule has 0 saturated carbocycles. The van der Waals surface area contributed by atoms with Crippen molar-refractivity contribution in [2.24, 2.45) is 0 Å². The zero-order valence-electron chi connectivity index (χ0n) is 2.64. The molecule has 0 aliphatic rings. The second-order valence-electron chi connectivity index (χ2n) is 0.600. The van der Waals surface area contributed by atoms with Gasteiger partial charge in [-0.1, -0.05) is 0 Å². The van der Waals surface area contributed by atoms with Gasteiger partial charge in [0.1, 0.15) is 0 Å². The molecule has 0 spiro atoms. The number of hydrogen-bond donors (Lipinski definition) is 4. The van der Waals surface area contributed by atoms with Crippen molar-refractivity contribution in [2.75, 3.05) is 0 Å². The van der Waals surface area contributed by atoms with E-state index in [1.807, 2.05) is 0 Å². The molecule has 0 fully saturated rings. The van der Waals surface area contributed by atoms with Crippen LogP contribution in [0.15, 0.2) is 0 Å². The molecule has 0 amide bonds. The summed E-state index contributed by atoms with van der Waals surface area (Å²) in [7, 11) is -4.61. The number of hydrogen-bond acceptors (Lipinski definition) is 4. The maximum atomic E-state index is 7.33. The van der Waals surface area contributed by atoms with E-state index in [0.29, 0.717) is 0 Å². The van der Waals surface area contributed by atoms with Crippen LogP contribution in [0.25, 0.3) is 0 Å². The van der Waals surface area contributed by atoms with Gasteiger partial charge in [-0.3, -0.25) is 0 Å². The van der Waals surface area contributed by atoms with Gasteiger partial charge in [-0.05, 0) is 0 Å². The summed E-state index contributed by atoms with van der Waals surface area (Å²) in [5, 5.41) is 0. The van der Waals surface area contributed by atoms with Gasteiger partial charge in [0, 0.05) is 17.1 Å². The van der Waals surface area contributed by atoms with E-state index in [9.17, 15) is 0 Å². The van der Waals surface area contributed by atoms with Gasteiger partial charge in [0.2, 0.25) is 0 Å². The second kappa shape index (κ2) is 9.11. The Kier molecular flexibility index (Phi) is 25.6. The number of rotatable bonds is 0. The van der Waals surface area contributed by atoms with Crippen molar-refractivity contribution in [3.63, 3.8) is 0 Å². The molecule has 0 atom stereocenters. The normalized spacial score (nSPS) is 7.50. The molecule has 4 N–H and O–H groups in total. The third kappa shape index (κ3) is 92.1. The monoisotopic (exact) mass is 206 g/mol. The van der Waals surface area contributed by atoms with Crippen LogP contribution in [0.1, 0.15) is 0 Å². The van der Waals surface area contributed by atoms with Crippen LogP contribution in [0.2, 0.25) is 0 Å². The fourth-order valence-electron chi connectivity index (χ4n) is 0. The molecule has 0 aliphatic carbocycles. The Morgan fingerprint density at radius 3 is 0.875 bits per heavy atom. The summed E-state index contributed by atoms with van der Waals surface area (Å²) in [5.41, 5.74) is 0. The molecule has 0 saturated heterocycles. The molecule has 0 aromatic heterocycles. The van der Waals surface area contributed by atoms with E-state index in [1.54, 1.807) is 0 Å². The quantitative estimate of drug-likeness (QED) is 0.301. The topological polar surface area (TPSA) is 80.9 Å². The Labute approximate surface area is 91.3 Å². The molecule has 0 radical (unpaired) electrons. The summed E-state index contributed by atoms with van der Waals surface area (Å²) < 4.78 is 0. The Morgan fingerprint density at radius 2 is 0.875 bits per heavy atom. The Hall–Kier alpha value is 2.11. The second-order valence-corrected chi connectivity index (χ2v) is 1.80. The average molecular weight is 206 g/mol. The van der Waals surface area contributed by atoms with Gasteiger partial charge in [0.15, 0.2) is 17.4 Å². The van der Waals surface area contributed by atoms with E-state index in [1.165, 1.54) is 0 Å². The van der Waals surface area contributed by atoms with Crippen molar-refractivity contribution in [2.45, 2.75) is 0 Å². The molecular formula is H8AlFeNaO4Si. The zero-order chi connectivity index (χ0) is 4.50. The molecule has 0 aliphatic heterocycles. The Bertz CT molecular complexity index is 31.5. The van der Waals surface area contributed by atoms with E-state index >= 15 is 0 Å². The molecular weight excluding hydrogens is 198 g/mol. The van der Waals surface area contributed by atoms with Gasteiger partial charge in [-0.2, -0.15) is 0 Å². The van der Waals surface area contributed by atoms with Crippen molar-refractivity contribution in [1.29, 1.82) is 0 Å². The van der Waals surface area contributed by atoms with Crippen LogP contribution < -0.4 is 0 Å². The van der Waals surface area contributed by atoms with Crippen LogP contribution in [0.3, 0.4) is 0 Å². The van der Waals surface area contributed by atoms with E-state index < -0.39 is 9.05 Å². The molecule has 0 aromatic carbocycles. The summed E-state index contributed by atoms with van der Waals surface area (Å²) >= 11 is 0. The van der Waals surface area contributed by atoms with E-state index in [2.05, 4.69) is 0 Å². The molecule has 8 heavy (non-hydrogen) atoms. The van der Waals surface area contributed by atoms with Crippen LogP contribution in [-0.4, -0.2) is 75.1 Å². The SMILES string of the molecule is O[Si](O)(O)O.[AlH3].[Fe].[NaH]. The van der Waals surface area contributed by atoms with Gasteiger partial charge in [0.05, 0.1) is 0 Å². The predicted molar refractivity (Wildman–Crippen MR) is 31.7 cm³/mol. The van der Waals surface area contributed by atoms with Gasteiger partial charge < -0.3 is 19.2 Å². The van der Waals surface area contributed by atoms with Crippen LogP contribution in [-0.2, 0) is 17.1 Å². The first kappa shape index (κ1) is 22.5. The third-order valence-corrected chi connectivity index (χ3v) is 0. The van der Waals surface area contributed by atoms with Gasteiger partial charge in [-0.25, -0.2) is 0 Å². The minimum absolute atomic E-state index is 0. The van der Waals surface area contributed by atoms with Crippen LogP contribution >= 0.6 is 0 Å². The van der Waals surface area contributed by atoms with Crippen molar-refractivity contribution >= 4 is 56.0 Å². The van der Waals surface area contributed by atoms with E-state index in [0.717, 1.165) is 0 Å². The fourth-order valence-corrected chi connectivity index (χ4v) is 0. The third-order valence-electron chi connectivity index (χ3n) is 0. The zero-order valence-corrected chi connectivity index (χ0v) is 4.75. The summed E-state index contributed by atoms with van der Waals surface area (Å²) in [4.78, 5) is 29.3. The fraction of sp³-hybridized carbons (Fsp3) is 0. The van der Waals surface area contributed by atoms with Crippen molar-refractivity contribution in [1.82, 2.24) is 0 Å². The first-order chi connectivity index (χ1) is 2.00. The summed E-state index contributed by atoms with van der Waals surface area (Å²) in [6.07, 6.45) is 0. The predicted octanol–water partition coefficient (Wildman–Crippen LogP) is -4.44. The Balaban J connectivity index is -0.0000000267. The molecule has 0 heterocycles. The average Bonchev–Trinajstić information content (AvgIpc) is 0.722. The van der Waals surface area contributed by atoms with Crippen molar-refractivity contribution in [3.05, 3.63) is 0 Å². The minimum atomic E-state index is -4.61. The molecule has 48 valence electrons. The van der Waals surface area contributed by atoms with Gasteiger partial charge in [-0.15, -0.1) is 0 Å². The molecule has 0 bridgehead atoms. The molecule has 8 heteroatoms. The van der Waals surface area contributed by atoms with Crippen LogP contribution in [0.4, 0.5) is 0 Å². The van der Waals surface area contributed by atoms with E-state index in [4.69, 9.17) is 19.2 Å². The summed E-state index contributed by atoms with van der Waals surface area (Å²) in [6.45, 7) is 0. The van der Waals surface area contributed by atoms with Crippen molar-refractivity contribution < 1.29 is 36.3 Å². The van der Waals surface area contributed by atoms with Gasteiger partial charge in [0.25, 0.3) is 0 Å². The van der Waals surface area contributed by atoms with Crippen LogP contribution in [0.5, 0.6) is 0 Å². The first-order valence-electron chi connectivity index (χ1n) is 0.894. The maximum absolute atomic E-state index is 7.33. The summed E-state index contributed by atoms with van der Waals surface area (Å²) in [6, 6.07) is 0. The Morgan fingerprint density at radius 1 is 0.875 bits per heavy atom. The molecule has 0 unspecified atom stereocenters. The van der Waals surface area contributed by atoms with Crippen molar-refractivity contribution in [3.8, 4) is 0 Å².